The molecular formula is C9H7BrClIO. The fourth-order valence-electron chi connectivity index (χ4n) is 1.06. The van der Waals surface area contributed by atoms with Gasteiger partial charge in [-0.3, -0.25) is 4.79 Å². The number of halogens is 3. The van der Waals surface area contributed by atoms with Gasteiger partial charge >= 0.3 is 0 Å². The summed E-state index contributed by atoms with van der Waals surface area (Å²) in [5.74, 6) is 0.0735. The van der Waals surface area contributed by atoms with Crippen LogP contribution in [0.3, 0.4) is 0 Å². The molecule has 0 saturated carbocycles. The Kier molecular flexibility index (Phi) is 4.19. The van der Waals surface area contributed by atoms with E-state index in [2.05, 4.69) is 38.5 Å². The Balaban J connectivity index is 3.33. The maximum Gasteiger partial charge on any atom is 0.174 e. The normalized spacial score (nSPS) is 10.2. The maximum atomic E-state index is 11.5. The number of alkyl halides is 1. The first kappa shape index (κ1) is 11.5. The summed E-state index contributed by atoms with van der Waals surface area (Å²) in [5.41, 5.74) is 1.70. The summed E-state index contributed by atoms with van der Waals surface area (Å²) < 4.78 is 0.837. The van der Waals surface area contributed by atoms with Gasteiger partial charge in [0.05, 0.1) is 10.4 Å². The van der Waals surface area contributed by atoms with Crippen LogP contribution in [0.2, 0.25) is 5.02 Å². The smallest absolute Gasteiger partial charge is 0.174 e. The second-order valence-electron chi connectivity index (χ2n) is 2.61. The van der Waals surface area contributed by atoms with Crippen LogP contribution in [-0.4, -0.2) is 11.1 Å². The number of hydrogen-bond acceptors (Lipinski definition) is 1. The summed E-state index contributed by atoms with van der Waals surface area (Å²) in [6.45, 7) is 1.91. The second kappa shape index (κ2) is 4.75. The van der Waals surface area contributed by atoms with Crippen molar-refractivity contribution < 1.29 is 4.79 Å². The van der Waals surface area contributed by atoms with Crippen molar-refractivity contribution in [1.29, 1.82) is 0 Å². The molecule has 0 N–H and O–H groups in total. The van der Waals surface area contributed by atoms with Crippen molar-refractivity contribution in [1.82, 2.24) is 0 Å². The SMILES string of the molecule is Cc1ccc(Cl)c(I)c1C(=O)CBr. The minimum absolute atomic E-state index is 0.0735. The number of rotatable bonds is 2. The molecule has 0 aromatic heterocycles. The van der Waals surface area contributed by atoms with E-state index in [1.807, 2.05) is 19.1 Å². The van der Waals surface area contributed by atoms with Crippen LogP contribution in [0.25, 0.3) is 0 Å². The number of benzene rings is 1. The third kappa shape index (κ3) is 2.44. The summed E-state index contributed by atoms with van der Waals surface area (Å²) in [6, 6.07) is 3.67. The Hall–Kier alpha value is 0.390. The van der Waals surface area contributed by atoms with Crippen LogP contribution in [0.5, 0.6) is 0 Å². The van der Waals surface area contributed by atoms with E-state index in [1.165, 1.54) is 0 Å². The molecule has 70 valence electrons. The summed E-state index contributed by atoms with van der Waals surface area (Å²) >= 11 is 11.2. The molecule has 13 heavy (non-hydrogen) atoms. The molecule has 0 amide bonds. The Bertz CT molecular complexity index is 352. The molecule has 0 heterocycles. The molecular weight excluding hydrogens is 366 g/mol. The predicted octanol–water partition coefficient (Wildman–Crippen LogP) is 3.83. The molecule has 4 heteroatoms. The van der Waals surface area contributed by atoms with Crippen molar-refractivity contribution in [3.63, 3.8) is 0 Å². The maximum absolute atomic E-state index is 11.5. The summed E-state index contributed by atoms with van der Waals surface area (Å²) in [5, 5.41) is 0.972. The topological polar surface area (TPSA) is 17.1 Å². The number of ketones is 1. The van der Waals surface area contributed by atoms with Crippen molar-refractivity contribution in [2.75, 3.05) is 5.33 Å². The molecule has 0 spiro atoms. The van der Waals surface area contributed by atoms with Crippen molar-refractivity contribution in [2.24, 2.45) is 0 Å². The molecule has 0 aliphatic carbocycles. The summed E-state index contributed by atoms with van der Waals surface area (Å²) in [7, 11) is 0. The number of aryl methyl sites for hydroxylation is 1. The van der Waals surface area contributed by atoms with Crippen LogP contribution in [-0.2, 0) is 0 Å². The second-order valence-corrected chi connectivity index (χ2v) is 4.66. The molecule has 0 fully saturated rings. The largest absolute Gasteiger partial charge is 0.293 e. The van der Waals surface area contributed by atoms with E-state index in [4.69, 9.17) is 11.6 Å². The monoisotopic (exact) mass is 372 g/mol. The zero-order valence-electron chi connectivity index (χ0n) is 6.90. The lowest BCUT2D eigenvalue weighted by Gasteiger charge is -2.06. The van der Waals surface area contributed by atoms with Crippen LogP contribution in [0.4, 0.5) is 0 Å². The average Bonchev–Trinajstić information content (AvgIpc) is 2.12. The van der Waals surface area contributed by atoms with Gasteiger partial charge in [0.1, 0.15) is 0 Å². The molecule has 0 bridgehead atoms. The van der Waals surface area contributed by atoms with Gasteiger partial charge in [0.25, 0.3) is 0 Å². The zero-order valence-corrected chi connectivity index (χ0v) is 11.4. The highest BCUT2D eigenvalue weighted by Crippen LogP contribution is 2.25. The van der Waals surface area contributed by atoms with E-state index < -0.39 is 0 Å². The molecule has 1 nitrogen and oxygen atoms in total. The molecule has 1 rings (SSSR count). The number of carbonyl (C=O) groups is 1. The van der Waals surface area contributed by atoms with Gasteiger partial charge < -0.3 is 0 Å². The van der Waals surface area contributed by atoms with Gasteiger partial charge in [-0.25, -0.2) is 0 Å². The molecule has 0 aliphatic heterocycles. The molecule has 1 aromatic carbocycles. The van der Waals surface area contributed by atoms with Gasteiger partial charge in [-0.1, -0.05) is 33.6 Å². The molecule has 0 radical (unpaired) electrons. The summed E-state index contributed by atoms with van der Waals surface area (Å²) in [4.78, 5) is 11.5. The number of hydrogen-bond donors (Lipinski definition) is 0. The van der Waals surface area contributed by atoms with E-state index in [9.17, 15) is 4.79 Å². The Morgan fingerprint density at radius 1 is 1.62 bits per heavy atom. The van der Waals surface area contributed by atoms with Gasteiger partial charge in [-0.2, -0.15) is 0 Å². The van der Waals surface area contributed by atoms with Crippen molar-refractivity contribution in [2.45, 2.75) is 6.92 Å². The van der Waals surface area contributed by atoms with Gasteiger partial charge in [-0.05, 0) is 41.1 Å². The molecule has 0 unspecified atom stereocenters. The molecule has 0 aliphatic rings. The van der Waals surface area contributed by atoms with Crippen LogP contribution in [0, 0.1) is 10.5 Å². The highest BCUT2D eigenvalue weighted by molar-refractivity contribution is 14.1. The van der Waals surface area contributed by atoms with Crippen LogP contribution in [0.15, 0.2) is 12.1 Å². The number of Topliss-reactive ketones (excluding diaryl/α,β-unsaturated/α-hetero) is 1. The Labute approximate surface area is 104 Å². The van der Waals surface area contributed by atoms with E-state index in [-0.39, 0.29) is 5.78 Å². The molecule has 0 saturated heterocycles. The van der Waals surface area contributed by atoms with Crippen LogP contribution >= 0.6 is 50.1 Å². The van der Waals surface area contributed by atoms with Gasteiger partial charge in [-0.15, -0.1) is 0 Å². The quantitative estimate of drug-likeness (QED) is 0.437. The van der Waals surface area contributed by atoms with Crippen molar-refractivity contribution in [3.05, 3.63) is 31.9 Å². The van der Waals surface area contributed by atoms with Gasteiger partial charge in [0.2, 0.25) is 0 Å². The average molecular weight is 373 g/mol. The minimum Gasteiger partial charge on any atom is -0.293 e. The minimum atomic E-state index is 0.0735. The van der Waals surface area contributed by atoms with Gasteiger partial charge in [0.15, 0.2) is 5.78 Å². The van der Waals surface area contributed by atoms with Crippen molar-refractivity contribution >= 4 is 55.9 Å². The lowest BCUT2D eigenvalue weighted by Crippen LogP contribution is -2.05. The van der Waals surface area contributed by atoms with E-state index in [1.54, 1.807) is 0 Å². The Morgan fingerprint density at radius 3 is 2.77 bits per heavy atom. The van der Waals surface area contributed by atoms with E-state index >= 15 is 0 Å². The first-order valence-corrected chi connectivity index (χ1v) is 6.19. The first-order chi connectivity index (χ1) is 6.07. The fourth-order valence-corrected chi connectivity index (χ4v) is 2.40. The lowest BCUT2D eigenvalue weighted by molar-refractivity contribution is 0.102. The summed E-state index contributed by atoms with van der Waals surface area (Å²) in [6.07, 6.45) is 0. The highest BCUT2D eigenvalue weighted by Gasteiger charge is 2.13. The van der Waals surface area contributed by atoms with Gasteiger partial charge in [0, 0.05) is 9.13 Å². The molecule has 0 atom stereocenters. The third-order valence-corrected chi connectivity index (χ3v) is 3.97. The van der Waals surface area contributed by atoms with Crippen LogP contribution in [0.1, 0.15) is 15.9 Å². The predicted molar refractivity (Wildman–Crippen MR) is 67.0 cm³/mol. The van der Waals surface area contributed by atoms with E-state index in [0.717, 1.165) is 14.7 Å². The highest BCUT2D eigenvalue weighted by atomic mass is 127. The van der Waals surface area contributed by atoms with Crippen molar-refractivity contribution in [3.8, 4) is 0 Å². The molecule has 1 aromatic rings. The van der Waals surface area contributed by atoms with Crippen LogP contribution < -0.4 is 0 Å². The standard InChI is InChI=1S/C9H7BrClIO/c1-5-2-3-6(11)9(12)8(5)7(13)4-10/h2-3H,4H2,1H3. The lowest BCUT2D eigenvalue weighted by atomic mass is 10.1. The third-order valence-electron chi connectivity index (χ3n) is 1.70. The fraction of sp³-hybridized carbons (Fsp3) is 0.222. The zero-order chi connectivity index (χ0) is 10.0. The first-order valence-electron chi connectivity index (χ1n) is 3.61. The van der Waals surface area contributed by atoms with E-state index in [0.29, 0.717) is 10.4 Å². The number of carbonyl (C=O) groups excluding carboxylic acids is 1. The Morgan fingerprint density at radius 2 is 2.23 bits per heavy atom.